The largest absolute Gasteiger partial charge is 0.396 e. The molecule has 0 spiro atoms. The topological polar surface area (TPSA) is 158 Å². The molecule has 0 aromatic rings. The van der Waals surface area contributed by atoms with Gasteiger partial charge in [0.1, 0.15) is 17.8 Å². The Morgan fingerprint density at radius 3 is 2.49 bits per heavy atom. The number of carbonyl (C=O) groups excluding carboxylic acids is 1. The molecule has 15 atom stereocenters. The van der Waals surface area contributed by atoms with Crippen LogP contribution in [0.25, 0.3) is 0 Å². The van der Waals surface area contributed by atoms with Crippen molar-refractivity contribution >= 4 is 5.78 Å². The first-order valence-electron chi connectivity index (χ1n) is 21.9. The van der Waals surface area contributed by atoms with Gasteiger partial charge in [0.2, 0.25) is 0 Å². The van der Waals surface area contributed by atoms with Gasteiger partial charge in [-0.25, -0.2) is 0 Å². The Morgan fingerprint density at radius 2 is 1.77 bits per heavy atom. The van der Waals surface area contributed by atoms with Crippen LogP contribution in [0, 0.1) is 51.8 Å². The summed E-state index contributed by atoms with van der Waals surface area (Å²) in [6.45, 7) is 9.81. The van der Waals surface area contributed by atoms with Crippen LogP contribution < -0.4 is 11.1 Å². The predicted molar refractivity (Wildman–Crippen MR) is 203 cm³/mol. The highest BCUT2D eigenvalue weighted by atomic mass is 16.6. The molecule has 3 heterocycles. The molecule has 0 bridgehead atoms. The molecule has 0 radical (unpaired) electrons. The molecule has 7 N–H and O–H groups in total. The Labute approximate surface area is 318 Å². The molecule has 8 rings (SSSR count). The van der Waals surface area contributed by atoms with E-state index in [9.17, 15) is 25.2 Å². The first kappa shape index (κ1) is 38.9. The van der Waals surface area contributed by atoms with Crippen molar-refractivity contribution in [3.8, 4) is 0 Å². The highest BCUT2D eigenvalue weighted by Gasteiger charge is 2.75. The van der Waals surface area contributed by atoms with Crippen molar-refractivity contribution in [1.82, 2.24) is 5.32 Å². The van der Waals surface area contributed by atoms with Crippen LogP contribution in [-0.2, 0) is 14.3 Å². The summed E-state index contributed by atoms with van der Waals surface area (Å²) in [4.78, 5) is 14.4. The van der Waals surface area contributed by atoms with E-state index in [2.05, 4.69) is 19.2 Å². The number of allylic oxidation sites excluding steroid dienone is 1. The highest BCUT2D eigenvalue weighted by molar-refractivity contribution is 5.95. The minimum Gasteiger partial charge on any atom is -0.396 e. The summed E-state index contributed by atoms with van der Waals surface area (Å²) in [5.74, 6) is 1.44. The number of carbonyl (C=O) groups is 1. The Morgan fingerprint density at radius 1 is 1.00 bits per heavy atom. The van der Waals surface area contributed by atoms with Crippen molar-refractivity contribution in [2.24, 2.45) is 57.5 Å². The van der Waals surface area contributed by atoms with E-state index >= 15 is 0 Å². The third-order valence-electron chi connectivity index (χ3n) is 18.0. The zero-order chi connectivity index (χ0) is 37.6. The first-order chi connectivity index (χ1) is 25.1. The number of rotatable bonds is 9. The van der Waals surface area contributed by atoms with E-state index in [0.29, 0.717) is 43.6 Å². The van der Waals surface area contributed by atoms with E-state index in [1.54, 1.807) is 0 Å². The average Bonchev–Trinajstić information content (AvgIpc) is 3.91. The van der Waals surface area contributed by atoms with E-state index in [1.807, 2.05) is 19.9 Å². The molecule has 4 saturated carbocycles. The van der Waals surface area contributed by atoms with Gasteiger partial charge in [-0.15, -0.1) is 0 Å². The van der Waals surface area contributed by atoms with Gasteiger partial charge in [0.25, 0.3) is 0 Å². The van der Waals surface area contributed by atoms with Gasteiger partial charge in [-0.2, -0.15) is 0 Å². The molecule has 2 unspecified atom stereocenters. The molecular weight excluding hydrogens is 668 g/mol. The van der Waals surface area contributed by atoms with Crippen LogP contribution in [0.1, 0.15) is 143 Å². The zero-order valence-corrected chi connectivity index (χ0v) is 33.3. The number of epoxide rings is 1. The molecule has 7 fully saturated rings. The second kappa shape index (κ2) is 13.9. The second-order valence-corrected chi connectivity index (χ2v) is 20.6. The van der Waals surface area contributed by atoms with Crippen molar-refractivity contribution in [1.29, 1.82) is 0 Å². The summed E-state index contributed by atoms with van der Waals surface area (Å²) in [6, 6.07) is 0. The van der Waals surface area contributed by atoms with E-state index in [1.165, 1.54) is 19.3 Å². The number of nitrogens with two attached hydrogens (primary N) is 1. The van der Waals surface area contributed by atoms with E-state index in [4.69, 9.17) is 15.2 Å². The maximum atomic E-state index is 14.4. The fourth-order valence-corrected chi connectivity index (χ4v) is 14.6. The highest BCUT2D eigenvalue weighted by Crippen LogP contribution is 2.72. The maximum Gasteiger partial charge on any atom is 0.159 e. The summed E-state index contributed by atoms with van der Waals surface area (Å²) in [5, 5.41) is 51.0. The summed E-state index contributed by atoms with van der Waals surface area (Å²) in [7, 11) is 0. The number of piperidine rings is 1. The van der Waals surface area contributed by atoms with E-state index < -0.39 is 39.8 Å². The van der Waals surface area contributed by atoms with Gasteiger partial charge in [-0.05, 0) is 156 Å². The normalized spacial score (nSPS) is 49.9. The lowest BCUT2D eigenvalue weighted by Crippen LogP contribution is -2.64. The van der Waals surface area contributed by atoms with Crippen LogP contribution >= 0.6 is 0 Å². The lowest BCUT2D eigenvalue weighted by atomic mass is 9.41. The van der Waals surface area contributed by atoms with Crippen LogP contribution in [0.2, 0.25) is 0 Å². The van der Waals surface area contributed by atoms with Gasteiger partial charge in [0.05, 0.1) is 30.1 Å². The minimum atomic E-state index is -1.29. The molecule has 0 aromatic heterocycles. The van der Waals surface area contributed by atoms with Crippen LogP contribution in [-0.4, -0.2) is 87.2 Å². The molecule has 3 saturated heterocycles. The molecular formula is C44H72N2O7. The monoisotopic (exact) mass is 741 g/mol. The van der Waals surface area contributed by atoms with Crippen LogP contribution in [0.15, 0.2) is 11.6 Å². The summed E-state index contributed by atoms with van der Waals surface area (Å²) in [6.07, 6.45) is 17.2. The fraction of sp³-hybridized carbons (Fsp3) is 0.932. The van der Waals surface area contributed by atoms with E-state index in [0.717, 1.165) is 89.2 Å². The van der Waals surface area contributed by atoms with Gasteiger partial charge in [0, 0.05) is 23.4 Å². The number of aliphatic hydroxyl groups is 4. The van der Waals surface area contributed by atoms with Crippen LogP contribution in [0.4, 0.5) is 0 Å². The summed E-state index contributed by atoms with van der Waals surface area (Å²) >= 11 is 0. The molecule has 5 aliphatic carbocycles. The number of fused-ring (bicyclic) bond motifs is 5. The van der Waals surface area contributed by atoms with Gasteiger partial charge >= 0.3 is 0 Å². The molecule has 0 aromatic carbocycles. The number of ether oxygens (including phenoxy) is 2. The first-order valence-corrected chi connectivity index (χ1v) is 21.9. The van der Waals surface area contributed by atoms with E-state index in [-0.39, 0.29) is 47.8 Å². The number of hydrogen-bond acceptors (Lipinski definition) is 9. The third kappa shape index (κ3) is 5.93. The van der Waals surface area contributed by atoms with Gasteiger partial charge < -0.3 is 41.0 Å². The van der Waals surface area contributed by atoms with Gasteiger partial charge in [-0.3, -0.25) is 4.79 Å². The van der Waals surface area contributed by atoms with Crippen molar-refractivity contribution in [2.45, 2.75) is 185 Å². The average molecular weight is 741 g/mol. The fourth-order valence-electron chi connectivity index (χ4n) is 14.6. The molecule has 53 heavy (non-hydrogen) atoms. The van der Waals surface area contributed by atoms with Crippen LogP contribution in [0.5, 0.6) is 0 Å². The summed E-state index contributed by atoms with van der Waals surface area (Å²) < 4.78 is 13.8. The predicted octanol–water partition coefficient (Wildman–Crippen LogP) is 5.55. The molecule has 0 amide bonds. The minimum absolute atomic E-state index is 0.00477. The molecule has 3 aliphatic heterocycles. The standard InChI is InChI=1S/C44H72N2O7/c1-27-15-21-52-43(25-27,38-37(53-38)41(4,50)39(2,26-47)16-10-28-14-20-46-36(45)22-28)35-13-19-44(51)32-24-34(49)33-23-30(48)11-18-42(33,29-8-6-5-7-9-29)31(32)12-17-40(35,44)3/h24,27-31,33,35-38,46-48,50-51H,5-23,25-26,45H2,1-4H3/t27-,28?,30-,31+,33+,35+,36?,37-,38+,39-,40+,41-,42-,43+,44-/m0/s1. The summed E-state index contributed by atoms with van der Waals surface area (Å²) in [5.41, 5.74) is 2.62. The SMILES string of the molecule is C[C@H]1CCO[C@@]([C@@H]2O[C@@H]2[C@](C)(O)[C@](C)(CO)CCC2CCNC(N)C2)([C@@H]2CC[C@]3(O)C4=CC(=O)[C@H]5C[C@@H](O)CC[C@]5(C5CCCCC5)[C@@H]4CC[C@]23C)C1. The van der Waals surface area contributed by atoms with Crippen molar-refractivity contribution in [3.05, 3.63) is 11.6 Å². The Bertz CT molecular complexity index is 1420. The number of hydrogen-bond donors (Lipinski definition) is 6. The smallest absolute Gasteiger partial charge is 0.159 e. The van der Waals surface area contributed by atoms with Crippen molar-refractivity contribution in [2.75, 3.05) is 19.8 Å². The van der Waals surface area contributed by atoms with Crippen molar-refractivity contribution < 1.29 is 34.7 Å². The Balaban J connectivity index is 1.10. The molecule has 300 valence electrons. The molecule has 9 heteroatoms. The maximum absolute atomic E-state index is 14.4. The number of nitrogens with one attached hydrogen (secondary N) is 1. The second-order valence-electron chi connectivity index (χ2n) is 20.6. The number of ketones is 1. The Kier molecular flexibility index (Phi) is 10.2. The molecule has 9 nitrogen and oxygen atoms in total. The van der Waals surface area contributed by atoms with Gasteiger partial charge in [-0.1, -0.05) is 40.0 Å². The zero-order valence-electron chi connectivity index (χ0n) is 33.3. The number of aliphatic hydroxyl groups excluding tert-OH is 2. The quantitative estimate of drug-likeness (QED) is 0.167. The third-order valence-corrected chi connectivity index (χ3v) is 18.0. The van der Waals surface area contributed by atoms with Crippen LogP contribution in [0.3, 0.4) is 0 Å². The Hall–Kier alpha value is -0.910. The lowest BCUT2D eigenvalue weighted by molar-refractivity contribution is -0.197. The molecule has 8 aliphatic rings. The van der Waals surface area contributed by atoms with Gasteiger partial charge in [0.15, 0.2) is 5.78 Å². The van der Waals surface area contributed by atoms with Crippen molar-refractivity contribution in [3.63, 3.8) is 0 Å². The lowest BCUT2D eigenvalue weighted by Gasteiger charge is -2.64.